The van der Waals surface area contributed by atoms with Crippen LogP contribution in [0.2, 0.25) is 0 Å². The van der Waals surface area contributed by atoms with Crippen molar-refractivity contribution in [2.75, 3.05) is 0 Å². The lowest BCUT2D eigenvalue weighted by Crippen LogP contribution is -2.05. The summed E-state index contributed by atoms with van der Waals surface area (Å²) in [5.41, 5.74) is 25.7. The molecule has 0 spiro atoms. The highest BCUT2D eigenvalue weighted by molar-refractivity contribution is 6.13. The molecule has 9 aromatic carbocycles. The Morgan fingerprint density at radius 1 is 0.311 bits per heavy atom. The summed E-state index contributed by atoms with van der Waals surface area (Å²) in [6.07, 6.45) is 0. The van der Waals surface area contributed by atoms with Crippen LogP contribution in [-0.2, 0) is 0 Å². The normalized spacial score (nSPS) is 11.6. The van der Waals surface area contributed by atoms with Gasteiger partial charge in [-0.3, -0.25) is 0 Å². The van der Waals surface area contributed by atoms with Gasteiger partial charge in [-0.15, -0.1) is 0 Å². The molecule has 3 heterocycles. The molecular weight excluding hydrogens is 901 g/mol. The van der Waals surface area contributed by atoms with Crippen molar-refractivity contribution in [3.05, 3.63) is 225 Å². The van der Waals surface area contributed by atoms with Gasteiger partial charge in [-0.25, -0.2) is 19.8 Å². The molecule has 3 aromatic heterocycles. The zero-order chi connectivity index (χ0) is 51.3. The first kappa shape index (κ1) is 46.2. The highest BCUT2D eigenvalue weighted by Crippen LogP contribution is 2.45. The second-order valence-electron chi connectivity index (χ2n) is 20.8. The van der Waals surface area contributed by atoms with Crippen LogP contribution in [0.4, 0.5) is 5.69 Å². The Balaban J connectivity index is 1.21. The van der Waals surface area contributed by atoms with Crippen molar-refractivity contribution in [1.82, 2.24) is 24.1 Å². The predicted octanol–water partition coefficient (Wildman–Crippen LogP) is 18.0. The lowest BCUT2D eigenvalue weighted by Gasteiger charge is -2.19. The zero-order valence-electron chi connectivity index (χ0n) is 43.7. The van der Waals surface area contributed by atoms with Crippen molar-refractivity contribution in [1.29, 1.82) is 0 Å². The summed E-state index contributed by atoms with van der Waals surface area (Å²) >= 11 is 0. The van der Waals surface area contributed by atoms with Crippen molar-refractivity contribution in [2.45, 2.75) is 69.2 Å². The fourth-order valence-corrected chi connectivity index (χ4v) is 11.8. The van der Waals surface area contributed by atoms with Gasteiger partial charge in [0.1, 0.15) is 11.6 Å². The van der Waals surface area contributed by atoms with Gasteiger partial charge < -0.3 is 9.13 Å². The molecule has 0 fully saturated rings. The van der Waals surface area contributed by atoms with E-state index in [-0.39, 0.29) is 0 Å². The standard InChI is InChI=1S/C68H56N6/c1-38-20-39(2)25-52(24-38)48-12-16-56-57-17-13-49(53-26-40(3)21-41(4)27-53)33-63(57)73(62(56)32-48)66-37-61(69-11)67(36-60(66)68-71-46(9)70-47(10)72-68)74-64-34-50(54-28-42(5)22-43(6)29-54)14-18-58(64)59-19-15-51(35-65(59)74)55-30-44(7)23-45(8)31-55/h12-37H,1-10H3. The Morgan fingerprint density at radius 3 is 0.905 bits per heavy atom. The number of aryl methyl sites for hydroxylation is 10. The van der Waals surface area contributed by atoms with Gasteiger partial charge in [-0.05, 0) is 150 Å². The highest BCUT2D eigenvalue weighted by atomic mass is 15.1. The molecule has 0 saturated carbocycles. The number of fused-ring (bicyclic) bond motifs is 6. The van der Waals surface area contributed by atoms with Crippen LogP contribution in [0.1, 0.15) is 56.2 Å². The third-order valence-corrected chi connectivity index (χ3v) is 14.6. The second kappa shape index (κ2) is 17.7. The van der Waals surface area contributed by atoms with Crippen LogP contribution < -0.4 is 0 Å². The van der Waals surface area contributed by atoms with E-state index in [0.717, 1.165) is 105 Å². The third kappa shape index (κ3) is 8.12. The molecule has 0 atom stereocenters. The van der Waals surface area contributed by atoms with E-state index in [1.807, 2.05) is 13.8 Å². The first-order valence-corrected chi connectivity index (χ1v) is 25.4. The molecule has 0 unspecified atom stereocenters. The highest BCUT2D eigenvalue weighted by Gasteiger charge is 2.25. The summed E-state index contributed by atoms with van der Waals surface area (Å²) in [4.78, 5) is 19.4. The molecule has 6 heteroatoms. The van der Waals surface area contributed by atoms with Crippen LogP contribution in [0.3, 0.4) is 0 Å². The summed E-state index contributed by atoms with van der Waals surface area (Å²) < 4.78 is 4.67. The maximum absolute atomic E-state index is 9.18. The van der Waals surface area contributed by atoms with Gasteiger partial charge in [0.05, 0.1) is 34.3 Å². The number of hydrogen-bond donors (Lipinski definition) is 0. The molecule has 0 saturated heterocycles. The number of aromatic nitrogens is 5. The van der Waals surface area contributed by atoms with Gasteiger partial charge in [0.2, 0.25) is 5.69 Å². The molecule has 0 radical (unpaired) electrons. The number of hydrogen-bond acceptors (Lipinski definition) is 3. The molecule has 0 aliphatic carbocycles. The Bertz CT molecular complexity index is 4060. The quantitative estimate of drug-likeness (QED) is 0.150. The van der Waals surface area contributed by atoms with Crippen LogP contribution in [0, 0.1) is 75.8 Å². The van der Waals surface area contributed by atoms with Crippen LogP contribution in [0.25, 0.3) is 116 Å². The Morgan fingerprint density at radius 2 is 0.608 bits per heavy atom. The fourth-order valence-electron chi connectivity index (χ4n) is 11.8. The van der Waals surface area contributed by atoms with Gasteiger partial charge in [-0.1, -0.05) is 166 Å². The number of benzene rings is 9. The minimum atomic E-state index is 0.504. The molecule has 0 aliphatic heterocycles. The summed E-state index contributed by atoms with van der Waals surface area (Å²) in [7, 11) is 0. The largest absolute Gasteiger partial charge is 0.319 e. The molecule has 6 nitrogen and oxygen atoms in total. The molecule has 0 aliphatic rings. The summed E-state index contributed by atoms with van der Waals surface area (Å²) in [5, 5.41) is 4.44. The first-order valence-electron chi connectivity index (χ1n) is 25.4. The second-order valence-corrected chi connectivity index (χ2v) is 20.8. The summed E-state index contributed by atoms with van der Waals surface area (Å²) in [5.74, 6) is 1.79. The van der Waals surface area contributed by atoms with E-state index >= 15 is 0 Å². The molecule has 0 N–H and O–H groups in total. The lowest BCUT2D eigenvalue weighted by molar-refractivity contribution is 0.926. The van der Waals surface area contributed by atoms with Gasteiger partial charge in [0.25, 0.3) is 0 Å². The Hall–Kier alpha value is -8.92. The van der Waals surface area contributed by atoms with E-state index in [2.05, 4.69) is 232 Å². The average Bonchev–Trinajstić information content (AvgIpc) is 3.86. The average molecular weight is 957 g/mol. The number of nitrogens with zero attached hydrogens (tertiary/aromatic N) is 6. The Kier molecular flexibility index (Phi) is 11.0. The fraction of sp³-hybridized carbons (Fsp3) is 0.147. The van der Waals surface area contributed by atoms with E-state index in [4.69, 9.17) is 9.97 Å². The van der Waals surface area contributed by atoms with E-state index in [1.54, 1.807) is 0 Å². The Labute approximate surface area is 433 Å². The van der Waals surface area contributed by atoms with Gasteiger partial charge in [-0.2, -0.15) is 0 Å². The maximum Gasteiger partial charge on any atom is 0.212 e. The third-order valence-electron chi connectivity index (χ3n) is 14.6. The van der Waals surface area contributed by atoms with Crippen molar-refractivity contribution in [2.24, 2.45) is 0 Å². The van der Waals surface area contributed by atoms with E-state index in [1.165, 1.54) is 44.5 Å². The first-order chi connectivity index (χ1) is 35.6. The minimum absolute atomic E-state index is 0.504. The van der Waals surface area contributed by atoms with Crippen LogP contribution in [0.5, 0.6) is 0 Å². The van der Waals surface area contributed by atoms with Crippen molar-refractivity contribution in [3.63, 3.8) is 0 Å². The van der Waals surface area contributed by atoms with Crippen LogP contribution in [0.15, 0.2) is 158 Å². The summed E-state index contributed by atoms with van der Waals surface area (Å²) in [6.45, 7) is 30.3. The van der Waals surface area contributed by atoms with E-state index in [0.29, 0.717) is 23.2 Å². The summed E-state index contributed by atoms with van der Waals surface area (Å²) in [6, 6.07) is 58.4. The van der Waals surface area contributed by atoms with Gasteiger partial charge in [0.15, 0.2) is 5.82 Å². The van der Waals surface area contributed by atoms with Crippen molar-refractivity contribution in [3.8, 4) is 67.3 Å². The molecule has 12 aromatic rings. The lowest BCUT2D eigenvalue weighted by atomic mass is 9.98. The zero-order valence-corrected chi connectivity index (χ0v) is 43.7. The molecule has 0 amide bonds. The number of rotatable bonds is 7. The van der Waals surface area contributed by atoms with E-state index in [9.17, 15) is 6.57 Å². The minimum Gasteiger partial charge on any atom is -0.319 e. The molecule has 74 heavy (non-hydrogen) atoms. The molecular formula is C68H56N6. The molecule has 0 bridgehead atoms. The van der Waals surface area contributed by atoms with E-state index < -0.39 is 0 Å². The maximum atomic E-state index is 9.18. The smallest absolute Gasteiger partial charge is 0.212 e. The predicted molar refractivity (Wildman–Crippen MR) is 309 cm³/mol. The SMILES string of the molecule is [C-]#[N+]c1cc(-n2c3cc(-c4cc(C)cc(C)c4)ccc3c3ccc(-c4cc(C)cc(C)c4)cc32)c(-c2nc(C)nc(C)n2)cc1-n1c2cc(-c3cc(C)cc(C)c3)ccc2c2ccc(-c3cc(C)cc(C)c3)cc21. The topological polar surface area (TPSA) is 52.9 Å². The van der Waals surface area contributed by atoms with Crippen molar-refractivity contribution < 1.29 is 0 Å². The monoisotopic (exact) mass is 956 g/mol. The molecule has 358 valence electrons. The van der Waals surface area contributed by atoms with Crippen LogP contribution in [-0.4, -0.2) is 24.1 Å². The molecule has 12 rings (SSSR count). The van der Waals surface area contributed by atoms with Gasteiger partial charge in [0, 0.05) is 32.8 Å². The van der Waals surface area contributed by atoms with Crippen molar-refractivity contribution >= 4 is 49.3 Å². The van der Waals surface area contributed by atoms with Gasteiger partial charge >= 0.3 is 0 Å². The van der Waals surface area contributed by atoms with Crippen LogP contribution >= 0.6 is 0 Å².